The van der Waals surface area contributed by atoms with Crippen molar-refractivity contribution in [1.82, 2.24) is 0 Å². The number of rotatable bonds is 0. The average Bonchev–Trinajstić information content (AvgIpc) is 2.57. The molecule has 0 aliphatic heterocycles. The van der Waals surface area contributed by atoms with Crippen LogP contribution in [-0.2, 0) is 0 Å². The van der Waals surface area contributed by atoms with Crippen LogP contribution in [-0.4, -0.2) is 0 Å². The number of thiol groups is 3. The van der Waals surface area contributed by atoms with Gasteiger partial charge in [-0.1, -0.05) is 48.5 Å². The first-order chi connectivity index (χ1) is 11.5. The van der Waals surface area contributed by atoms with Gasteiger partial charge in [0.1, 0.15) is 0 Å². The molecule has 0 radical (unpaired) electrons. The second kappa shape index (κ2) is 7.43. The molecule has 0 spiro atoms. The van der Waals surface area contributed by atoms with E-state index >= 15 is 0 Å². The molecule has 0 aliphatic carbocycles. The molecule has 0 bridgehead atoms. The van der Waals surface area contributed by atoms with Crippen LogP contribution < -0.4 is 5.73 Å². The number of nitrogens with two attached hydrogens (primary N) is 1. The van der Waals surface area contributed by atoms with Crippen molar-refractivity contribution in [3.63, 3.8) is 0 Å². The van der Waals surface area contributed by atoms with Crippen molar-refractivity contribution in [3.8, 4) is 0 Å². The van der Waals surface area contributed by atoms with E-state index in [-0.39, 0.29) is 0 Å². The fraction of sp³-hybridized carbons (Fsp3) is 0. The Morgan fingerprint density at radius 3 is 1.25 bits per heavy atom. The summed E-state index contributed by atoms with van der Waals surface area (Å²) in [4.78, 5) is 2.70. The molecule has 4 heteroatoms. The van der Waals surface area contributed by atoms with Gasteiger partial charge in [0.2, 0.25) is 0 Å². The SMILES string of the molecule is Nc1cc2ccccc2cc1S.Sc1cc2ccccc2cc1S. The highest BCUT2D eigenvalue weighted by atomic mass is 32.1. The van der Waals surface area contributed by atoms with E-state index in [0.29, 0.717) is 0 Å². The monoisotopic (exact) mass is 367 g/mol. The lowest BCUT2D eigenvalue weighted by molar-refractivity contribution is 1.30. The number of nitrogen functional groups attached to an aromatic ring is 1. The zero-order valence-corrected chi connectivity index (χ0v) is 15.5. The van der Waals surface area contributed by atoms with Crippen LogP contribution in [0.2, 0.25) is 0 Å². The molecular formula is C20H17NS3. The number of hydrogen-bond donors (Lipinski definition) is 4. The van der Waals surface area contributed by atoms with Crippen molar-refractivity contribution in [2.45, 2.75) is 14.7 Å². The normalized spacial score (nSPS) is 10.5. The molecule has 0 aliphatic rings. The second-order valence-corrected chi connectivity index (χ2v) is 6.89. The number of benzene rings is 4. The first kappa shape index (κ1) is 17.1. The predicted molar refractivity (Wildman–Crippen MR) is 114 cm³/mol. The van der Waals surface area contributed by atoms with Crippen LogP contribution in [0, 0.1) is 0 Å². The minimum atomic E-state index is 0.733. The highest BCUT2D eigenvalue weighted by Crippen LogP contribution is 2.25. The van der Waals surface area contributed by atoms with E-state index in [1.54, 1.807) is 0 Å². The van der Waals surface area contributed by atoms with Crippen molar-refractivity contribution >= 4 is 65.1 Å². The maximum Gasteiger partial charge on any atom is 0.0456 e. The van der Waals surface area contributed by atoms with E-state index in [4.69, 9.17) is 5.73 Å². The van der Waals surface area contributed by atoms with Gasteiger partial charge < -0.3 is 5.73 Å². The van der Waals surface area contributed by atoms with E-state index in [9.17, 15) is 0 Å². The quantitative estimate of drug-likeness (QED) is 0.218. The lowest BCUT2D eigenvalue weighted by atomic mass is 10.1. The molecule has 0 fully saturated rings. The smallest absolute Gasteiger partial charge is 0.0456 e. The molecule has 0 aromatic heterocycles. The van der Waals surface area contributed by atoms with Crippen molar-refractivity contribution < 1.29 is 0 Å². The summed E-state index contributed by atoms with van der Waals surface area (Å²) in [6.45, 7) is 0. The standard InChI is InChI=1S/C10H9NS.C10H8S2/c2*11-9-5-7-3-1-2-4-8(7)6-10(9)12/h1-6,12H,11H2;1-6,11-12H. The molecular weight excluding hydrogens is 350 g/mol. The van der Waals surface area contributed by atoms with Crippen molar-refractivity contribution in [1.29, 1.82) is 0 Å². The van der Waals surface area contributed by atoms with Crippen LogP contribution >= 0.6 is 37.9 Å². The zero-order chi connectivity index (χ0) is 17.1. The van der Waals surface area contributed by atoms with E-state index in [0.717, 1.165) is 25.8 Å². The van der Waals surface area contributed by atoms with Gasteiger partial charge in [-0.2, -0.15) is 0 Å². The molecule has 0 heterocycles. The first-order valence-electron chi connectivity index (χ1n) is 7.42. The van der Waals surface area contributed by atoms with Gasteiger partial charge in [0, 0.05) is 20.4 Å². The molecule has 4 rings (SSSR count). The molecule has 0 unspecified atom stereocenters. The minimum absolute atomic E-state index is 0.733. The third-order valence-electron chi connectivity index (χ3n) is 3.74. The molecule has 0 saturated heterocycles. The summed E-state index contributed by atoms with van der Waals surface area (Å²) >= 11 is 12.8. The van der Waals surface area contributed by atoms with Gasteiger partial charge >= 0.3 is 0 Å². The molecule has 1 nitrogen and oxygen atoms in total. The lowest BCUT2D eigenvalue weighted by Gasteiger charge is -2.01. The molecule has 4 aromatic rings. The van der Waals surface area contributed by atoms with Crippen LogP contribution in [0.3, 0.4) is 0 Å². The Balaban J connectivity index is 0.000000141. The molecule has 0 saturated carbocycles. The third kappa shape index (κ3) is 3.83. The van der Waals surface area contributed by atoms with Crippen molar-refractivity contribution in [2.24, 2.45) is 0 Å². The zero-order valence-electron chi connectivity index (χ0n) is 12.8. The Labute approximate surface area is 158 Å². The summed E-state index contributed by atoms with van der Waals surface area (Å²) in [5.74, 6) is 0. The van der Waals surface area contributed by atoms with Crippen LogP contribution in [0.4, 0.5) is 5.69 Å². The summed E-state index contributed by atoms with van der Waals surface area (Å²) in [6, 6.07) is 24.3. The summed E-state index contributed by atoms with van der Waals surface area (Å²) in [5.41, 5.74) is 6.44. The Bertz CT molecular complexity index is 848. The minimum Gasteiger partial charge on any atom is -0.398 e. The Morgan fingerprint density at radius 2 is 0.833 bits per heavy atom. The Hall–Kier alpha value is -1.75. The summed E-state index contributed by atoms with van der Waals surface area (Å²) < 4.78 is 0. The maximum atomic E-state index is 5.71. The Kier molecular flexibility index (Phi) is 5.29. The second-order valence-electron chi connectivity index (χ2n) is 5.45. The largest absolute Gasteiger partial charge is 0.398 e. The fourth-order valence-corrected chi connectivity index (χ4v) is 3.07. The molecule has 2 N–H and O–H groups in total. The van der Waals surface area contributed by atoms with Crippen LogP contribution in [0.15, 0.2) is 87.5 Å². The highest BCUT2D eigenvalue weighted by Gasteiger charge is 1.97. The maximum absolute atomic E-state index is 5.71. The molecule has 24 heavy (non-hydrogen) atoms. The number of anilines is 1. The van der Waals surface area contributed by atoms with Gasteiger partial charge in [0.15, 0.2) is 0 Å². The van der Waals surface area contributed by atoms with E-state index in [1.165, 1.54) is 16.2 Å². The predicted octanol–water partition coefficient (Wildman–Crippen LogP) is 6.13. The summed E-state index contributed by atoms with van der Waals surface area (Å²) in [6.07, 6.45) is 0. The van der Waals surface area contributed by atoms with Gasteiger partial charge in [-0.3, -0.25) is 0 Å². The lowest BCUT2D eigenvalue weighted by Crippen LogP contribution is -1.86. The van der Waals surface area contributed by atoms with Gasteiger partial charge in [-0.15, -0.1) is 37.9 Å². The topological polar surface area (TPSA) is 26.0 Å². The summed E-state index contributed by atoms with van der Waals surface area (Å²) in [5, 5.41) is 4.75. The van der Waals surface area contributed by atoms with Crippen molar-refractivity contribution in [2.75, 3.05) is 5.73 Å². The highest BCUT2D eigenvalue weighted by molar-refractivity contribution is 7.83. The molecule has 0 atom stereocenters. The van der Waals surface area contributed by atoms with Crippen molar-refractivity contribution in [3.05, 3.63) is 72.8 Å². The molecule has 4 aromatic carbocycles. The van der Waals surface area contributed by atoms with Crippen LogP contribution in [0.25, 0.3) is 21.5 Å². The van der Waals surface area contributed by atoms with Crippen LogP contribution in [0.5, 0.6) is 0 Å². The van der Waals surface area contributed by atoms with E-state index < -0.39 is 0 Å². The van der Waals surface area contributed by atoms with Crippen LogP contribution in [0.1, 0.15) is 0 Å². The first-order valence-corrected chi connectivity index (χ1v) is 8.77. The fourth-order valence-electron chi connectivity index (χ4n) is 2.46. The van der Waals surface area contributed by atoms with E-state index in [2.05, 4.69) is 56.1 Å². The average molecular weight is 368 g/mol. The number of fused-ring (bicyclic) bond motifs is 2. The Morgan fingerprint density at radius 1 is 0.500 bits per heavy atom. The third-order valence-corrected chi connectivity index (χ3v) is 5.04. The van der Waals surface area contributed by atoms with Gasteiger partial charge in [0.05, 0.1) is 0 Å². The van der Waals surface area contributed by atoms with Gasteiger partial charge in [0.25, 0.3) is 0 Å². The summed E-state index contributed by atoms with van der Waals surface area (Å²) in [7, 11) is 0. The van der Waals surface area contributed by atoms with Gasteiger partial charge in [-0.05, 0) is 45.8 Å². The van der Waals surface area contributed by atoms with E-state index in [1.807, 2.05) is 54.6 Å². The van der Waals surface area contributed by atoms with Gasteiger partial charge in [-0.25, -0.2) is 0 Å². The molecule has 0 amide bonds. The molecule has 120 valence electrons. The number of hydrogen-bond acceptors (Lipinski definition) is 4.